The van der Waals surface area contributed by atoms with E-state index < -0.39 is 11.4 Å². The van der Waals surface area contributed by atoms with Gasteiger partial charge in [0.05, 0.1) is 18.2 Å². The molecule has 20 heavy (non-hydrogen) atoms. The zero-order valence-electron chi connectivity index (χ0n) is 12.0. The lowest BCUT2D eigenvalue weighted by atomic mass is 9.90. The van der Waals surface area contributed by atoms with Crippen molar-refractivity contribution in [1.82, 2.24) is 9.80 Å². The van der Waals surface area contributed by atoms with E-state index in [1.807, 2.05) is 13.0 Å². The normalized spacial score (nSPS) is 22.1. The van der Waals surface area contributed by atoms with Crippen LogP contribution in [0.2, 0.25) is 0 Å². The Balaban J connectivity index is 1.98. The minimum Gasteiger partial charge on any atom is -0.481 e. The van der Waals surface area contributed by atoms with Gasteiger partial charge in [-0.25, -0.2) is 4.79 Å². The molecule has 1 aromatic heterocycles. The van der Waals surface area contributed by atoms with E-state index in [-0.39, 0.29) is 12.6 Å². The van der Waals surface area contributed by atoms with Gasteiger partial charge in [-0.05, 0) is 26.3 Å². The van der Waals surface area contributed by atoms with Crippen LogP contribution in [0.3, 0.4) is 0 Å². The number of carbonyl (C=O) groups is 2. The maximum atomic E-state index is 12.3. The first-order valence-corrected chi connectivity index (χ1v) is 6.60. The lowest BCUT2D eigenvalue weighted by molar-refractivity contribution is -0.147. The Morgan fingerprint density at radius 2 is 2.25 bits per heavy atom. The quantitative estimate of drug-likeness (QED) is 0.918. The fourth-order valence-corrected chi connectivity index (χ4v) is 2.44. The second-order valence-electron chi connectivity index (χ2n) is 5.68. The molecule has 2 rings (SSSR count). The molecule has 6 heteroatoms. The number of nitrogens with zero attached hydrogens (tertiary/aromatic N) is 2. The summed E-state index contributed by atoms with van der Waals surface area (Å²) in [7, 11) is 1.71. The fraction of sp³-hybridized carbons (Fsp3) is 0.571. The number of hydrogen-bond acceptors (Lipinski definition) is 3. The van der Waals surface area contributed by atoms with Crippen LogP contribution < -0.4 is 0 Å². The van der Waals surface area contributed by atoms with Gasteiger partial charge in [0.1, 0.15) is 5.76 Å². The summed E-state index contributed by atoms with van der Waals surface area (Å²) in [6.45, 7) is 4.74. The maximum Gasteiger partial charge on any atom is 0.320 e. The number of aliphatic carboxylic acids is 1. The van der Waals surface area contributed by atoms with Crippen molar-refractivity contribution >= 4 is 12.0 Å². The zero-order valence-corrected chi connectivity index (χ0v) is 12.0. The highest BCUT2D eigenvalue weighted by atomic mass is 16.4. The molecule has 0 saturated carbocycles. The summed E-state index contributed by atoms with van der Waals surface area (Å²) in [4.78, 5) is 26.7. The SMILES string of the molecule is Cc1occc1CN(C)C(=O)N1CCC(C)(C(=O)O)C1. The molecule has 1 aliphatic rings. The van der Waals surface area contributed by atoms with Gasteiger partial charge in [0.15, 0.2) is 0 Å². The maximum absolute atomic E-state index is 12.3. The first-order chi connectivity index (χ1) is 9.33. The number of amides is 2. The predicted octanol–water partition coefficient (Wildman–Crippen LogP) is 1.94. The molecule has 1 saturated heterocycles. The Labute approximate surface area is 118 Å². The first kappa shape index (κ1) is 14.4. The highest BCUT2D eigenvalue weighted by Gasteiger charge is 2.42. The van der Waals surface area contributed by atoms with E-state index in [0.29, 0.717) is 19.5 Å². The molecule has 1 aromatic rings. The summed E-state index contributed by atoms with van der Waals surface area (Å²) < 4.78 is 5.21. The van der Waals surface area contributed by atoms with Gasteiger partial charge in [-0.15, -0.1) is 0 Å². The van der Waals surface area contributed by atoms with Crippen molar-refractivity contribution in [3.8, 4) is 0 Å². The lowest BCUT2D eigenvalue weighted by Gasteiger charge is -2.25. The molecule has 0 spiro atoms. The van der Waals surface area contributed by atoms with E-state index in [1.54, 1.807) is 30.0 Å². The van der Waals surface area contributed by atoms with Crippen LogP contribution in [0.1, 0.15) is 24.7 Å². The third kappa shape index (κ3) is 2.64. The minimum atomic E-state index is -0.846. The van der Waals surface area contributed by atoms with Crippen LogP contribution >= 0.6 is 0 Å². The summed E-state index contributed by atoms with van der Waals surface area (Å²) in [5.41, 5.74) is 0.128. The predicted molar refractivity (Wildman–Crippen MR) is 72.2 cm³/mol. The van der Waals surface area contributed by atoms with Gasteiger partial charge in [-0.2, -0.15) is 0 Å². The summed E-state index contributed by atoms with van der Waals surface area (Å²) >= 11 is 0. The van der Waals surface area contributed by atoms with Gasteiger partial charge in [-0.3, -0.25) is 4.79 Å². The molecule has 1 atom stereocenters. The first-order valence-electron chi connectivity index (χ1n) is 6.60. The standard InChI is InChI=1S/C14H20N2O4/c1-10-11(4-7-20-10)8-15(3)13(19)16-6-5-14(2,9-16)12(17)18/h4,7H,5-6,8-9H2,1-3H3,(H,17,18). The van der Waals surface area contributed by atoms with E-state index in [1.165, 1.54) is 0 Å². The van der Waals surface area contributed by atoms with Crippen molar-refractivity contribution in [3.63, 3.8) is 0 Å². The second kappa shape index (κ2) is 5.19. The molecular formula is C14H20N2O4. The number of urea groups is 1. The van der Waals surface area contributed by atoms with Gasteiger partial charge in [0.2, 0.25) is 0 Å². The van der Waals surface area contributed by atoms with Crippen molar-refractivity contribution in [1.29, 1.82) is 0 Å². The number of carbonyl (C=O) groups excluding carboxylic acids is 1. The molecule has 1 aliphatic heterocycles. The molecule has 0 aliphatic carbocycles. The van der Waals surface area contributed by atoms with Gasteiger partial charge in [0.25, 0.3) is 0 Å². The largest absolute Gasteiger partial charge is 0.481 e. The van der Waals surface area contributed by atoms with Crippen molar-refractivity contribution < 1.29 is 19.1 Å². The Hall–Kier alpha value is -1.98. The molecule has 110 valence electrons. The zero-order chi connectivity index (χ0) is 14.9. The Morgan fingerprint density at radius 1 is 1.55 bits per heavy atom. The Morgan fingerprint density at radius 3 is 2.75 bits per heavy atom. The molecule has 2 amide bonds. The molecule has 6 nitrogen and oxygen atoms in total. The van der Waals surface area contributed by atoms with E-state index in [4.69, 9.17) is 4.42 Å². The van der Waals surface area contributed by atoms with Gasteiger partial charge in [-0.1, -0.05) is 0 Å². The van der Waals surface area contributed by atoms with Gasteiger partial charge in [0, 0.05) is 25.7 Å². The number of likely N-dealkylation sites (tertiary alicyclic amines) is 1. The molecule has 0 radical (unpaired) electrons. The topological polar surface area (TPSA) is 74.0 Å². The van der Waals surface area contributed by atoms with Crippen LogP contribution in [0.5, 0.6) is 0 Å². The third-order valence-electron chi connectivity index (χ3n) is 3.96. The van der Waals surface area contributed by atoms with Crippen LogP contribution in [-0.4, -0.2) is 47.0 Å². The average molecular weight is 280 g/mol. The number of carboxylic acid groups (broad SMARTS) is 1. The molecule has 2 heterocycles. The van der Waals surface area contributed by atoms with E-state index in [9.17, 15) is 14.7 Å². The number of aryl methyl sites for hydroxylation is 1. The number of carboxylic acids is 1. The van der Waals surface area contributed by atoms with Crippen LogP contribution in [0, 0.1) is 12.3 Å². The highest BCUT2D eigenvalue weighted by Crippen LogP contribution is 2.30. The van der Waals surface area contributed by atoms with Crippen LogP contribution in [-0.2, 0) is 11.3 Å². The van der Waals surface area contributed by atoms with E-state index >= 15 is 0 Å². The highest BCUT2D eigenvalue weighted by molar-refractivity contribution is 5.79. The van der Waals surface area contributed by atoms with Crippen molar-refractivity contribution in [3.05, 3.63) is 23.7 Å². The fourth-order valence-electron chi connectivity index (χ4n) is 2.44. The Bertz CT molecular complexity index is 525. The van der Waals surface area contributed by atoms with E-state index in [2.05, 4.69) is 0 Å². The number of furan rings is 1. The molecule has 0 aromatic carbocycles. The van der Waals surface area contributed by atoms with Crippen LogP contribution in [0.15, 0.2) is 16.7 Å². The average Bonchev–Trinajstić information content (AvgIpc) is 2.97. The molecular weight excluding hydrogens is 260 g/mol. The van der Waals surface area contributed by atoms with Gasteiger partial charge >= 0.3 is 12.0 Å². The summed E-state index contributed by atoms with van der Waals surface area (Å²) in [5.74, 6) is -0.0532. The van der Waals surface area contributed by atoms with Gasteiger partial charge < -0.3 is 19.3 Å². The number of hydrogen-bond donors (Lipinski definition) is 1. The third-order valence-corrected chi connectivity index (χ3v) is 3.96. The minimum absolute atomic E-state index is 0.143. The monoisotopic (exact) mass is 280 g/mol. The molecule has 1 N–H and O–H groups in total. The summed E-state index contributed by atoms with van der Waals surface area (Å²) in [6, 6.07) is 1.69. The molecule has 0 bridgehead atoms. The van der Waals surface area contributed by atoms with E-state index in [0.717, 1.165) is 11.3 Å². The summed E-state index contributed by atoms with van der Waals surface area (Å²) in [5, 5.41) is 9.19. The smallest absolute Gasteiger partial charge is 0.320 e. The Kier molecular flexibility index (Phi) is 3.74. The van der Waals surface area contributed by atoms with Crippen molar-refractivity contribution in [2.75, 3.05) is 20.1 Å². The number of rotatable bonds is 3. The lowest BCUT2D eigenvalue weighted by Crippen LogP contribution is -2.41. The second-order valence-corrected chi connectivity index (χ2v) is 5.68. The van der Waals surface area contributed by atoms with Crippen molar-refractivity contribution in [2.24, 2.45) is 5.41 Å². The summed E-state index contributed by atoms with van der Waals surface area (Å²) in [6.07, 6.45) is 2.09. The molecule has 1 fully saturated rings. The van der Waals surface area contributed by atoms with Crippen LogP contribution in [0.4, 0.5) is 4.79 Å². The molecule has 1 unspecified atom stereocenters. The van der Waals surface area contributed by atoms with Crippen LogP contribution in [0.25, 0.3) is 0 Å². The van der Waals surface area contributed by atoms with Crippen molar-refractivity contribution in [2.45, 2.75) is 26.8 Å².